The lowest BCUT2D eigenvalue weighted by Crippen LogP contribution is -2.31. The van der Waals surface area contributed by atoms with Crippen LogP contribution in [-0.4, -0.2) is 59.0 Å². The molecular weight excluding hydrogens is 676 g/mol. The van der Waals surface area contributed by atoms with Gasteiger partial charge in [-0.05, 0) is 43.2 Å². The van der Waals surface area contributed by atoms with Gasteiger partial charge in [0.05, 0.1) is 43.1 Å². The Morgan fingerprint density at radius 3 is 2.62 bits per heavy atom. The number of carboxylic acid groups (broad SMARTS) is 1. The first-order valence-electron chi connectivity index (χ1n) is 14.9. The first kappa shape index (κ1) is 34.6. The summed E-state index contributed by atoms with van der Waals surface area (Å²) in [6, 6.07) is 9.76. The molecule has 252 valence electrons. The standard InChI is InChI=1S/C33H29Cl2F3N4O6/c34-23-7-8-25(36)32(30(23)38)48-12-2-6-28(43)42-11-3-13-47-31-21(4-1-5-27(31)42)20-16-40-41(17-20)18-22-24(35)14-19(15-26(22)37)33(46)39-10-9-29(44)45/h1,4-5,7-8,14-17H,2-3,6,9-13,18H2,(H,39,46)(H,44,45). The van der Waals surface area contributed by atoms with Crippen LogP contribution in [0.3, 0.4) is 0 Å². The van der Waals surface area contributed by atoms with Crippen molar-refractivity contribution in [2.24, 2.45) is 0 Å². The highest BCUT2D eigenvalue weighted by atomic mass is 35.5. The van der Waals surface area contributed by atoms with Gasteiger partial charge in [-0.3, -0.25) is 19.1 Å². The van der Waals surface area contributed by atoms with Gasteiger partial charge in [0.1, 0.15) is 5.82 Å². The van der Waals surface area contributed by atoms with Crippen molar-refractivity contribution >= 4 is 46.7 Å². The molecule has 2 amide bonds. The SMILES string of the molecule is O=C(O)CCNC(=O)c1cc(F)c(Cn2cc(-c3cccc4c3OCCCN4C(=O)CCCOc3c(F)ccc(Cl)c3F)cn2)c(Cl)c1. The Labute approximate surface area is 283 Å². The van der Waals surface area contributed by atoms with Gasteiger partial charge in [-0.25, -0.2) is 13.2 Å². The van der Waals surface area contributed by atoms with Gasteiger partial charge in [-0.15, -0.1) is 0 Å². The van der Waals surface area contributed by atoms with E-state index in [1.807, 2.05) is 0 Å². The highest BCUT2D eigenvalue weighted by molar-refractivity contribution is 6.31. The lowest BCUT2D eigenvalue weighted by Gasteiger charge is -2.23. The Morgan fingerprint density at radius 1 is 1.04 bits per heavy atom. The topological polar surface area (TPSA) is 123 Å². The molecule has 15 heteroatoms. The maximum atomic E-state index is 15.1. The normalized spacial score (nSPS) is 12.6. The zero-order valence-electron chi connectivity index (χ0n) is 25.3. The van der Waals surface area contributed by atoms with Crippen molar-refractivity contribution in [3.05, 3.63) is 93.5 Å². The number of halogens is 5. The van der Waals surface area contributed by atoms with Crippen molar-refractivity contribution in [1.82, 2.24) is 15.1 Å². The average Bonchev–Trinajstić information content (AvgIpc) is 3.41. The molecule has 0 saturated carbocycles. The first-order valence-corrected chi connectivity index (χ1v) is 15.6. The molecule has 0 atom stereocenters. The van der Waals surface area contributed by atoms with Crippen LogP contribution in [0, 0.1) is 17.5 Å². The molecule has 48 heavy (non-hydrogen) atoms. The van der Waals surface area contributed by atoms with Gasteiger partial charge in [0.15, 0.2) is 23.1 Å². The predicted molar refractivity (Wildman–Crippen MR) is 171 cm³/mol. The fourth-order valence-electron chi connectivity index (χ4n) is 5.09. The summed E-state index contributed by atoms with van der Waals surface area (Å²) < 4.78 is 56.0. The number of para-hydroxylation sites is 1. The van der Waals surface area contributed by atoms with Crippen LogP contribution in [0.5, 0.6) is 11.5 Å². The number of fused-ring (bicyclic) bond motifs is 1. The molecule has 0 saturated heterocycles. The second-order valence-corrected chi connectivity index (χ2v) is 11.6. The van der Waals surface area contributed by atoms with E-state index in [0.717, 1.165) is 18.2 Å². The van der Waals surface area contributed by atoms with Crippen LogP contribution in [0.1, 0.15) is 41.6 Å². The number of rotatable bonds is 12. The van der Waals surface area contributed by atoms with Crippen LogP contribution in [0.25, 0.3) is 11.1 Å². The van der Waals surface area contributed by atoms with Crippen molar-refractivity contribution in [3.8, 4) is 22.6 Å². The van der Waals surface area contributed by atoms with E-state index in [4.69, 9.17) is 37.8 Å². The number of nitrogens with zero attached hydrogens (tertiary/aromatic N) is 3. The number of anilines is 1. The second kappa shape index (κ2) is 15.4. The zero-order valence-corrected chi connectivity index (χ0v) is 26.8. The fraction of sp³-hybridized carbons (Fsp3) is 0.273. The number of nitrogens with one attached hydrogen (secondary N) is 1. The van der Waals surface area contributed by atoms with E-state index in [9.17, 15) is 23.2 Å². The van der Waals surface area contributed by atoms with E-state index in [0.29, 0.717) is 42.1 Å². The molecule has 10 nitrogen and oxygen atoms in total. The van der Waals surface area contributed by atoms with Gasteiger partial charge in [0, 0.05) is 53.0 Å². The molecule has 1 aliphatic heterocycles. The number of carboxylic acids is 1. The number of carbonyl (C=O) groups is 3. The Hall–Kier alpha value is -4.75. The lowest BCUT2D eigenvalue weighted by molar-refractivity contribution is -0.136. The summed E-state index contributed by atoms with van der Waals surface area (Å²) in [7, 11) is 0. The van der Waals surface area contributed by atoms with Crippen LogP contribution in [0.2, 0.25) is 10.0 Å². The molecule has 0 fully saturated rings. The molecule has 5 rings (SSSR count). The van der Waals surface area contributed by atoms with Crippen molar-refractivity contribution in [2.45, 2.75) is 32.2 Å². The van der Waals surface area contributed by atoms with E-state index in [1.54, 1.807) is 35.5 Å². The third-order valence-electron chi connectivity index (χ3n) is 7.43. The molecule has 1 aromatic heterocycles. The van der Waals surface area contributed by atoms with Crippen molar-refractivity contribution in [2.75, 3.05) is 31.2 Å². The lowest BCUT2D eigenvalue weighted by atomic mass is 10.1. The van der Waals surface area contributed by atoms with Gasteiger partial charge in [0.25, 0.3) is 5.91 Å². The smallest absolute Gasteiger partial charge is 0.305 e. The molecule has 2 heterocycles. The summed E-state index contributed by atoms with van der Waals surface area (Å²) in [6.45, 7) is 0.447. The van der Waals surface area contributed by atoms with Gasteiger partial charge >= 0.3 is 5.97 Å². The number of aliphatic carboxylic acids is 1. The molecule has 0 aliphatic carbocycles. The van der Waals surface area contributed by atoms with Gasteiger partial charge in [0.2, 0.25) is 5.91 Å². The number of carbonyl (C=O) groups excluding carboxylic acids is 2. The highest BCUT2D eigenvalue weighted by Crippen LogP contribution is 2.40. The maximum absolute atomic E-state index is 15.1. The minimum Gasteiger partial charge on any atom is -0.491 e. The predicted octanol–water partition coefficient (Wildman–Crippen LogP) is 6.50. The van der Waals surface area contributed by atoms with Gasteiger partial charge in [-0.1, -0.05) is 35.3 Å². The molecule has 4 aromatic rings. The number of ether oxygens (including phenoxy) is 2. The summed E-state index contributed by atoms with van der Waals surface area (Å²) in [5, 5.41) is 15.2. The van der Waals surface area contributed by atoms with E-state index < -0.39 is 35.1 Å². The van der Waals surface area contributed by atoms with Crippen LogP contribution < -0.4 is 19.7 Å². The second-order valence-electron chi connectivity index (χ2n) is 10.8. The Balaban J connectivity index is 1.27. The minimum atomic E-state index is -1.08. The minimum absolute atomic E-state index is 0.00487. The summed E-state index contributed by atoms with van der Waals surface area (Å²) in [6.07, 6.45) is 3.75. The monoisotopic (exact) mass is 704 g/mol. The molecule has 1 aliphatic rings. The summed E-state index contributed by atoms with van der Waals surface area (Å²) in [5.41, 5.74) is 1.87. The summed E-state index contributed by atoms with van der Waals surface area (Å²) >= 11 is 12.0. The fourth-order valence-corrected chi connectivity index (χ4v) is 5.50. The molecule has 0 bridgehead atoms. The average molecular weight is 706 g/mol. The molecule has 2 N–H and O–H groups in total. The quantitative estimate of drug-likeness (QED) is 0.127. The van der Waals surface area contributed by atoms with Crippen LogP contribution in [0.4, 0.5) is 18.9 Å². The van der Waals surface area contributed by atoms with Crippen LogP contribution in [0.15, 0.2) is 54.9 Å². The van der Waals surface area contributed by atoms with Gasteiger partial charge in [-0.2, -0.15) is 5.10 Å². The van der Waals surface area contributed by atoms with Crippen molar-refractivity contribution < 1.29 is 42.1 Å². The zero-order chi connectivity index (χ0) is 34.4. The summed E-state index contributed by atoms with van der Waals surface area (Å²) in [5.74, 6) is -4.71. The number of amides is 2. The molecule has 0 unspecified atom stereocenters. The third-order valence-corrected chi connectivity index (χ3v) is 8.06. The van der Waals surface area contributed by atoms with E-state index >= 15 is 4.39 Å². The Morgan fingerprint density at radius 2 is 1.85 bits per heavy atom. The number of benzene rings is 3. The van der Waals surface area contributed by atoms with E-state index in [-0.39, 0.29) is 66.0 Å². The van der Waals surface area contributed by atoms with Gasteiger partial charge < -0.3 is 24.8 Å². The summed E-state index contributed by atoms with van der Waals surface area (Å²) in [4.78, 5) is 37.9. The Bertz CT molecular complexity index is 1830. The molecular formula is C33H29Cl2F3N4O6. The maximum Gasteiger partial charge on any atom is 0.305 e. The van der Waals surface area contributed by atoms with E-state index in [1.165, 1.54) is 10.7 Å². The van der Waals surface area contributed by atoms with Crippen molar-refractivity contribution in [3.63, 3.8) is 0 Å². The van der Waals surface area contributed by atoms with E-state index in [2.05, 4.69) is 10.4 Å². The molecule has 0 radical (unpaired) electrons. The number of hydrogen-bond donors (Lipinski definition) is 2. The number of aromatic nitrogens is 2. The molecule has 0 spiro atoms. The third kappa shape index (κ3) is 8.03. The van der Waals surface area contributed by atoms with Crippen LogP contribution >= 0.6 is 23.2 Å². The number of hydrogen-bond acceptors (Lipinski definition) is 6. The molecule has 3 aromatic carbocycles. The first-order chi connectivity index (χ1) is 23.0. The van der Waals surface area contributed by atoms with Crippen molar-refractivity contribution in [1.29, 1.82) is 0 Å². The van der Waals surface area contributed by atoms with Crippen LogP contribution in [-0.2, 0) is 16.1 Å². The highest BCUT2D eigenvalue weighted by Gasteiger charge is 2.25. The largest absolute Gasteiger partial charge is 0.491 e. The Kier molecular flexibility index (Phi) is 11.1.